The molecule has 0 radical (unpaired) electrons. The molecule has 6 nitrogen and oxygen atoms in total. The highest BCUT2D eigenvalue weighted by Gasteiger charge is 2.40. The van der Waals surface area contributed by atoms with Crippen molar-refractivity contribution in [2.75, 3.05) is 6.61 Å². The first-order valence-electron chi connectivity index (χ1n) is 7.26. The van der Waals surface area contributed by atoms with Crippen molar-refractivity contribution < 1.29 is 14.6 Å². The average Bonchev–Trinajstić information content (AvgIpc) is 2.76. The van der Waals surface area contributed by atoms with Crippen LogP contribution in [-0.4, -0.2) is 29.8 Å². The Labute approximate surface area is 120 Å². The Morgan fingerprint density at radius 1 is 1.45 bits per heavy atom. The lowest BCUT2D eigenvalue weighted by atomic mass is 9.85. The van der Waals surface area contributed by atoms with E-state index in [-0.39, 0.29) is 42.4 Å². The highest BCUT2D eigenvalue weighted by Crippen LogP contribution is 2.33. The van der Waals surface area contributed by atoms with Gasteiger partial charge in [0.1, 0.15) is 6.10 Å². The van der Waals surface area contributed by atoms with E-state index in [2.05, 4.69) is 10.0 Å². The van der Waals surface area contributed by atoms with Crippen molar-refractivity contribution in [3.05, 3.63) is 10.4 Å². The van der Waals surface area contributed by atoms with Gasteiger partial charge in [0, 0.05) is 11.5 Å². The van der Waals surface area contributed by atoms with Crippen LogP contribution in [0.15, 0.2) is 5.11 Å². The van der Waals surface area contributed by atoms with E-state index in [0.717, 1.165) is 0 Å². The molecule has 0 bridgehead atoms. The van der Waals surface area contributed by atoms with E-state index in [0.29, 0.717) is 12.8 Å². The molecule has 1 N–H and O–H groups in total. The first kappa shape index (κ1) is 16.8. The molecule has 1 saturated heterocycles. The molecule has 114 valence electrons. The molecule has 0 aromatic heterocycles. The minimum absolute atomic E-state index is 0.0438. The first-order chi connectivity index (χ1) is 9.40. The van der Waals surface area contributed by atoms with Crippen molar-refractivity contribution in [1.29, 1.82) is 0 Å². The standard InChI is InChI=1S/C14H25N3O3/c1-8(2)10(7-18)5-12(16-17-15)13-6-11(9(3)4)14(19)20-13/h8-13,18H,5-7H2,1-4H3/t10-,11+,12+,13-/m1/s1. The average molecular weight is 283 g/mol. The SMILES string of the molecule is CC(C)[C@@H](CO)C[C@H](N=[N+]=[N-])[C@H]1C[C@@H](C(C)C)C(=O)O1. The maximum absolute atomic E-state index is 11.8. The molecule has 6 heteroatoms. The van der Waals surface area contributed by atoms with Crippen LogP contribution in [0.2, 0.25) is 0 Å². The summed E-state index contributed by atoms with van der Waals surface area (Å²) < 4.78 is 5.39. The minimum Gasteiger partial charge on any atom is -0.462 e. The number of hydrogen-bond donors (Lipinski definition) is 1. The molecule has 4 atom stereocenters. The van der Waals surface area contributed by atoms with Gasteiger partial charge in [-0.3, -0.25) is 4.79 Å². The number of aliphatic hydroxyl groups excluding tert-OH is 1. The molecule has 0 amide bonds. The molecule has 1 aliphatic rings. The van der Waals surface area contributed by atoms with Crippen molar-refractivity contribution in [2.45, 2.75) is 52.7 Å². The summed E-state index contributed by atoms with van der Waals surface area (Å²) in [4.78, 5) is 14.7. The molecule has 20 heavy (non-hydrogen) atoms. The Kier molecular flexibility index (Phi) is 6.30. The molecule has 0 saturated carbocycles. The van der Waals surface area contributed by atoms with Gasteiger partial charge in [-0.1, -0.05) is 32.8 Å². The van der Waals surface area contributed by atoms with Gasteiger partial charge in [0.15, 0.2) is 0 Å². The van der Waals surface area contributed by atoms with Crippen LogP contribution in [0.25, 0.3) is 10.4 Å². The number of aliphatic hydroxyl groups is 1. The van der Waals surface area contributed by atoms with Gasteiger partial charge in [-0.15, -0.1) is 0 Å². The van der Waals surface area contributed by atoms with E-state index in [4.69, 9.17) is 10.3 Å². The number of cyclic esters (lactones) is 1. The van der Waals surface area contributed by atoms with E-state index >= 15 is 0 Å². The van der Waals surface area contributed by atoms with Crippen LogP contribution in [0.3, 0.4) is 0 Å². The van der Waals surface area contributed by atoms with E-state index < -0.39 is 6.04 Å². The topological polar surface area (TPSA) is 95.3 Å². The number of rotatable bonds is 7. The summed E-state index contributed by atoms with van der Waals surface area (Å²) >= 11 is 0. The van der Waals surface area contributed by atoms with Crippen LogP contribution < -0.4 is 0 Å². The number of hydrogen-bond acceptors (Lipinski definition) is 4. The van der Waals surface area contributed by atoms with Crippen LogP contribution in [0, 0.1) is 23.7 Å². The minimum atomic E-state index is -0.396. The molecule has 1 heterocycles. The predicted octanol–water partition coefficient (Wildman–Crippen LogP) is 2.91. The van der Waals surface area contributed by atoms with Crippen molar-refractivity contribution in [2.24, 2.45) is 28.8 Å². The number of esters is 1. The number of azide groups is 1. The Balaban J connectivity index is 2.77. The molecule has 0 aliphatic carbocycles. The van der Waals surface area contributed by atoms with Crippen LogP contribution in [-0.2, 0) is 9.53 Å². The van der Waals surface area contributed by atoms with Crippen LogP contribution in [0.4, 0.5) is 0 Å². The van der Waals surface area contributed by atoms with Gasteiger partial charge in [-0.2, -0.15) is 0 Å². The summed E-state index contributed by atoms with van der Waals surface area (Å²) in [5, 5.41) is 13.2. The fraction of sp³-hybridized carbons (Fsp3) is 0.929. The molecule has 1 aliphatic heterocycles. The Bertz CT molecular complexity index is 378. The maximum Gasteiger partial charge on any atom is 0.309 e. The Hall–Kier alpha value is -1.26. The van der Waals surface area contributed by atoms with Crippen LogP contribution in [0.1, 0.15) is 40.5 Å². The molecule has 0 aromatic carbocycles. The van der Waals surface area contributed by atoms with Crippen molar-refractivity contribution in [3.63, 3.8) is 0 Å². The first-order valence-corrected chi connectivity index (χ1v) is 7.26. The number of carbonyl (C=O) groups excluding carboxylic acids is 1. The summed E-state index contributed by atoms with van der Waals surface area (Å²) in [6, 6.07) is -0.396. The molecule has 0 aromatic rings. The van der Waals surface area contributed by atoms with E-state index in [1.807, 2.05) is 27.7 Å². The second-order valence-electron chi connectivity index (χ2n) is 6.26. The number of nitrogens with zero attached hydrogens (tertiary/aromatic N) is 3. The van der Waals surface area contributed by atoms with Gasteiger partial charge < -0.3 is 9.84 Å². The fourth-order valence-electron chi connectivity index (χ4n) is 2.62. The zero-order valence-corrected chi connectivity index (χ0v) is 12.7. The van der Waals surface area contributed by atoms with Gasteiger partial charge in [0.2, 0.25) is 0 Å². The lowest BCUT2D eigenvalue weighted by molar-refractivity contribution is -0.146. The van der Waals surface area contributed by atoms with Gasteiger partial charge in [-0.25, -0.2) is 0 Å². The molecular weight excluding hydrogens is 258 g/mol. The summed E-state index contributed by atoms with van der Waals surface area (Å²) in [5.74, 6) is 0.228. The van der Waals surface area contributed by atoms with Gasteiger partial charge in [0.05, 0.1) is 12.0 Å². The lowest BCUT2D eigenvalue weighted by Gasteiger charge is -2.25. The van der Waals surface area contributed by atoms with Gasteiger partial charge in [0.25, 0.3) is 0 Å². The maximum atomic E-state index is 11.8. The third-order valence-electron chi connectivity index (χ3n) is 4.21. The lowest BCUT2D eigenvalue weighted by Crippen LogP contribution is -2.29. The second-order valence-corrected chi connectivity index (χ2v) is 6.26. The zero-order valence-electron chi connectivity index (χ0n) is 12.7. The summed E-state index contributed by atoms with van der Waals surface area (Å²) in [5.41, 5.74) is 8.72. The highest BCUT2D eigenvalue weighted by atomic mass is 16.6. The predicted molar refractivity (Wildman–Crippen MR) is 75.8 cm³/mol. The van der Waals surface area contributed by atoms with Crippen LogP contribution in [0.5, 0.6) is 0 Å². The largest absolute Gasteiger partial charge is 0.462 e. The summed E-state index contributed by atoms with van der Waals surface area (Å²) in [6.07, 6.45) is 0.774. The second kappa shape index (κ2) is 7.50. The van der Waals surface area contributed by atoms with Gasteiger partial charge >= 0.3 is 5.97 Å². The smallest absolute Gasteiger partial charge is 0.309 e. The van der Waals surface area contributed by atoms with Crippen LogP contribution >= 0.6 is 0 Å². The third-order valence-corrected chi connectivity index (χ3v) is 4.21. The monoisotopic (exact) mass is 283 g/mol. The Morgan fingerprint density at radius 2 is 2.10 bits per heavy atom. The quantitative estimate of drug-likeness (QED) is 0.337. The normalized spacial score (nSPS) is 25.4. The Morgan fingerprint density at radius 3 is 2.50 bits per heavy atom. The van der Waals surface area contributed by atoms with Gasteiger partial charge in [-0.05, 0) is 36.1 Å². The summed E-state index contributed by atoms with van der Waals surface area (Å²) in [6.45, 7) is 8.06. The van der Waals surface area contributed by atoms with E-state index in [9.17, 15) is 9.90 Å². The zero-order chi connectivity index (χ0) is 15.3. The van der Waals surface area contributed by atoms with Crippen molar-refractivity contribution >= 4 is 5.97 Å². The summed E-state index contributed by atoms with van der Waals surface area (Å²) in [7, 11) is 0. The molecule has 1 rings (SSSR count). The highest BCUT2D eigenvalue weighted by molar-refractivity contribution is 5.75. The van der Waals surface area contributed by atoms with E-state index in [1.165, 1.54) is 0 Å². The molecular formula is C14H25N3O3. The molecule has 1 fully saturated rings. The third kappa shape index (κ3) is 4.12. The number of ether oxygens (including phenoxy) is 1. The molecule has 0 unspecified atom stereocenters. The molecule has 0 spiro atoms. The number of carbonyl (C=O) groups is 1. The van der Waals surface area contributed by atoms with E-state index in [1.54, 1.807) is 0 Å². The fourth-order valence-corrected chi connectivity index (χ4v) is 2.62. The van der Waals surface area contributed by atoms with Crippen molar-refractivity contribution in [3.8, 4) is 0 Å². The van der Waals surface area contributed by atoms with Crippen molar-refractivity contribution in [1.82, 2.24) is 0 Å².